The molecule has 0 spiro atoms. The lowest BCUT2D eigenvalue weighted by Gasteiger charge is -2.25. The Balaban J connectivity index is 2.68. The molecule has 1 rings (SSSR count). The van der Waals surface area contributed by atoms with Gasteiger partial charge in [-0.1, -0.05) is 13.8 Å². The molecule has 1 aliphatic rings. The van der Waals surface area contributed by atoms with Gasteiger partial charge >= 0.3 is 12.1 Å². The quantitative estimate of drug-likeness (QED) is 0.758. The van der Waals surface area contributed by atoms with Crippen LogP contribution in [0.2, 0.25) is 0 Å². The highest BCUT2D eigenvalue weighted by Gasteiger charge is 2.41. The number of methoxy groups -OCH3 is 1. The van der Waals surface area contributed by atoms with E-state index in [9.17, 15) is 14.7 Å². The number of esters is 1. The van der Waals surface area contributed by atoms with Crippen molar-refractivity contribution in [1.82, 2.24) is 4.90 Å². The van der Waals surface area contributed by atoms with Gasteiger partial charge in [0.1, 0.15) is 12.1 Å². The zero-order valence-corrected chi connectivity index (χ0v) is 11.3. The van der Waals surface area contributed by atoms with Gasteiger partial charge in [-0.3, -0.25) is 4.90 Å². The van der Waals surface area contributed by atoms with E-state index in [-0.39, 0.29) is 25.0 Å². The summed E-state index contributed by atoms with van der Waals surface area (Å²) in [7, 11) is 1.26. The maximum Gasteiger partial charge on any atom is 0.410 e. The number of rotatable bonds is 3. The molecule has 0 aliphatic carbocycles. The van der Waals surface area contributed by atoms with Gasteiger partial charge in [-0.25, -0.2) is 9.59 Å². The first-order valence-electron chi connectivity index (χ1n) is 6.10. The monoisotopic (exact) mass is 259 g/mol. The van der Waals surface area contributed by atoms with Crippen molar-refractivity contribution < 1.29 is 24.2 Å². The molecule has 1 heterocycles. The van der Waals surface area contributed by atoms with E-state index in [0.29, 0.717) is 0 Å². The highest BCUT2D eigenvalue weighted by Crippen LogP contribution is 2.21. The SMILES string of the molecule is COC(=O)[C@@H]1CC(O)CN1C(=O)OC(C)C(C)C. The summed E-state index contributed by atoms with van der Waals surface area (Å²) in [5.41, 5.74) is 0. The van der Waals surface area contributed by atoms with Gasteiger partial charge in [-0.2, -0.15) is 0 Å². The summed E-state index contributed by atoms with van der Waals surface area (Å²) >= 11 is 0. The van der Waals surface area contributed by atoms with Crippen molar-refractivity contribution in [3.8, 4) is 0 Å². The van der Waals surface area contributed by atoms with Crippen molar-refractivity contribution in [3.05, 3.63) is 0 Å². The molecular formula is C12H21NO5. The number of likely N-dealkylation sites (tertiary alicyclic amines) is 1. The molecule has 1 fully saturated rings. The van der Waals surface area contributed by atoms with E-state index in [0.717, 1.165) is 0 Å². The Hall–Kier alpha value is -1.30. The van der Waals surface area contributed by atoms with Gasteiger partial charge in [0.25, 0.3) is 0 Å². The molecule has 0 radical (unpaired) electrons. The fourth-order valence-corrected chi connectivity index (χ4v) is 1.74. The van der Waals surface area contributed by atoms with Crippen molar-refractivity contribution in [2.24, 2.45) is 5.92 Å². The van der Waals surface area contributed by atoms with Crippen LogP contribution in [0.15, 0.2) is 0 Å². The molecule has 104 valence electrons. The van der Waals surface area contributed by atoms with Gasteiger partial charge in [0.15, 0.2) is 0 Å². The minimum Gasteiger partial charge on any atom is -0.467 e. The van der Waals surface area contributed by atoms with Crippen molar-refractivity contribution in [2.45, 2.75) is 45.4 Å². The molecule has 1 amide bonds. The average molecular weight is 259 g/mol. The predicted octanol–water partition coefficient (Wildman–Crippen LogP) is 0.776. The topological polar surface area (TPSA) is 76.1 Å². The van der Waals surface area contributed by atoms with Gasteiger partial charge in [0, 0.05) is 6.42 Å². The van der Waals surface area contributed by atoms with Crippen molar-refractivity contribution in [3.63, 3.8) is 0 Å². The first kappa shape index (κ1) is 14.8. The highest BCUT2D eigenvalue weighted by molar-refractivity contribution is 5.82. The van der Waals surface area contributed by atoms with E-state index in [1.165, 1.54) is 12.0 Å². The van der Waals surface area contributed by atoms with Crippen LogP contribution in [-0.4, -0.2) is 54.0 Å². The molecule has 0 aromatic heterocycles. The number of hydrogen-bond donors (Lipinski definition) is 1. The standard InChI is InChI=1S/C12H21NO5/c1-7(2)8(3)18-12(16)13-6-9(14)5-10(13)11(15)17-4/h7-10,14H,5-6H2,1-4H3/t8?,9?,10-/m0/s1. The Morgan fingerprint density at radius 3 is 2.44 bits per heavy atom. The second kappa shape index (κ2) is 6.04. The molecule has 0 saturated carbocycles. The van der Waals surface area contributed by atoms with Crippen LogP contribution in [0, 0.1) is 5.92 Å². The highest BCUT2D eigenvalue weighted by atomic mass is 16.6. The second-order valence-corrected chi connectivity index (χ2v) is 4.91. The Morgan fingerprint density at radius 2 is 1.94 bits per heavy atom. The Morgan fingerprint density at radius 1 is 1.33 bits per heavy atom. The van der Waals surface area contributed by atoms with Gasteiger partial charge in [0.2, 0.25) is 0 Å². The maximum absolute atomic E-state index is 11.9. The minimum atomic E-state index is -0.753. The number of carbonyl (C=O) groups is 2. The number of amides is 1. The Bertz CT molecular complexity index is 318. The van der Waals surface area contributed by atoms with E-state index in [1.54, 1.807) is 6.92 Å². The van der Waals surface area contributed by atoms with Gasteiger partial charge in [-0.15, -0.1) is 0 Å². The third-order valence-electron chi connectivity index (χ3n) is 3.21. The summed E-state index contributed by atoms with van der Waals surface area (Å²) in [5, 5.41) is 9.55. The van der Waals surface area contributed by atoms with E-state index < -0.39 is 24.2 Å². The fraction of sp³-hybridized carbons (Fsp3) is 0.833. The van der Waals surface area contributed by atoms with Gasteiger partial charge < -0.3 is 14.6 Å². The van der Waals surface area contributed by atoms with Crippen LogP contribution in [0.25, 0.3) is 0 Å². The van der Waals surface area contributed by atoms with Crippen LogP contribution in [0.1, 0.15) is 27.2 Å². The van der Waals surface area contributed by atoms with E-state index in [1.807, 2.05) is 13.8 Å². The minimum absolute atomic E-state index is 0.101. The number of nitrogens with zero attached hydrogens (tertiary/aromatic N) is 1. The van der Waals surface area contributed by atoms with Crippen molar-refractivity contribution in [1.29, 1.82) is 0 Å². The van der Waals surface area contributed by atoms with Crippen molar-refractivity contribution in [2.75, 3.05) is 13.7 Å². The Kier molecular flexibility index (Phi) is 4.95. The van der Waals surface area contributed by atoms with Gasteiger partial charge in [-0.05, 0) is 12.8 Å². The maximum atomic E-state index is 11.9. The lowest BCUT2D eigenvalue weighted by Crippen LogP contribution is -2.43. The fourth-order valence-electron chi connectivity index (χ4n) is 1.74. The zero-order chi connectivity index (χ0) is 13.9. The summed E-state index contributed by atoms with van der Waals surface area (Å²) in [6, 6.07) is -0.753. The van der Waals surface area contributed by atoms with Crippen LogP contribution in [0.4, 0.5) is 4.79 Å². The Labute approximate surface area is 107 Å². The molecule has 3 atom stereocenters. The van der Waals surface area contributed by atoms with Crippen LogP contribution in [-0.2, 0) is 14.3 Å². The smallest absolute Gasteiger partial charge is 0.410 e. The average Bonchev–Trinajstić information content (AvgIpc) is 2.70. The summed E-state index contributed by atoms with van der Waals surface area (Å²) in [5.74, 6) is -0.334. The number of carbonyl (C=O) groups excluding carboxylic acids is 2. The molecule has 1 saturated heterocycles. The zero-order valence-electron chi connectivity index (χ0n) is 11.3. The third kappa shape index (κ3) is 3.35. The lowest BCUT2D eigenvalue weighted by molar-refractivity contribution is -0.145. The van der Waals surface area contributed by atoms with Crippen LogP contribution < -0.4 is 0 Å². The van der Waals surface area contributed by atoms with E-state index in [2.05, 4.69) is 4.74 Å². The van der Waals surface area contributed by atoms with Crippen LogP contribution in [0.3, 0.4) is 0 Å². The summed E-state index contributed by atoms with van der Waals surface area (Å²) in [4.78, 5) is 24.7. The summed E-state index contributed by atoms with van der Waals surface area (Å²) in [6.45, 7) is 5.77. The molecule has 0 aromatic carbocycles. The summed E-state index contributed by atoms with van der Waals surface area (Å²) in [6.07, 6.45) is -1.34. The number of aliphatic hydroxyl groups excluding tert-OH is 1. The molecule has 6 heteroatoms. The van der Waals surface area contributed by atoms with E-state index in [4.69, 9.17) is 4.74 Å². The number of aliphatic hydroxyl groups is 1. The normalized spacial score (nSPS) is 25.1. The lowest BCUT2D eigenvalue weighted by atomic mass is 10.1. The molecule has 6 nitrogen and oxygen atoms in total. The molecule has 0 aromatic rings. The molecule has 1 aliphatic heterocycles. The van der Waals surface area contributed by atoms with Gasteiger partial charge in [0.05, 0.1) is 19.8 Å². The number of β-amino-alcohol motifs (C(OH)–C–C–N with tert-alkyl or cyclic N) is 1. The first-order chi connectivity index (χ1) is 8.36. The summed E-state index contributed by atoms with van der Waals surface area (Å²) < 4.78 is 9.85. The molecule has 2 unspecified atom stereocenters. The second-order valence-electron chi connectivity index (χ2n) is 4.91. The van der Waals surface area contributed by atoms with Crippen LogP contribution >= 0.6 is 0 Å². The number of hydrogen-bond acceptors (Lipinski definition) is 5. The molecule has 1 N–H and O–H groups in total. The largest absolute Gasteiger partial charge is 0.467 e. The van der Waals surface area contributed by atoms with E-state index >= 15 is 0 Å². The van der Waals surface area contributed by atoms with Crippen LogP contribution in [0.5, 0.6) is 0 Å². The molecular weight excluding hydrogens is 238 g/mol. The molecule has 18 heavy (non-hydrogen) atoms. The first-order valence-corrected chi connectivity index (χ1v) is 6.10. The molecule has 0 bridgehead atoms. The predicted molar refractivity (Wildman–Crippen MR) is 63.9 cm³/mol. The third-order valence-corrected chi connectivity index (χ3v) is 3.21. The number of ether oxygens (including phenoxy) is 2. The van der Waals surface area contributed by atoms with Crippen molar-refractivity contribution >= 4 is 12.1 Å².